The minimum atomic E-state index is -1.13. The Morgan fingerprint density at radius 2 is 1.95 bits per heavy atom. The number of aliphatic hydroxyl groups is 2. The molecule has 0 aromatic carbocycles. The first kappa shape index (κ1) is 25.2. The number of ether oxygens (including phenoxy) is 4. The SMILES string of the molecule is CCO[C@H]1O[C@@H]([C@@H](C)[C@H]2[C@H](O)C[C@H]3[C@@H]4[C@@H]5O[C@@H]5[C@@]5(O)CC=CC(=O)[C@]5(C)[C@H]4CC[C@]23C)C[C@]2(C)O[C@]12C. The van der Waals surface area contributed by atoms with E-state index in [4.69, 9.17) is 18.9 Å². The third kappa shape index (κ3) is 2.87. The molecular formula is C30H44O7. The Labute approximate surface area is 220 Å². The molecule has 4 aliphatic carbocycles. The van der Waals surface area contributed by atoms with Gasteiger partial charge in [-0.05, 0) is 94.5 Å². The summed E-state index contributed by atoms with van der Waals surface area (Å²) in [6.45, 7) is 13.4. The summed E-state index contributed by atoms with van der Waals surface area (Å²) in [4.78, 5) is 13.4. The highest BCUT2D eigenvalue weighted by Crippen LogP contribution is 2.72. The van der Waals surface area contributed by atoms with E-state index in [-0.39, 0.29) is 64.7 Å². The molecule has 3 aliphatic heterocycles. The molecule has 15 atom stereocenters. The van der Waals surface area contributed by atoms with Crippen molar-refractivity contribution in [2.75, 3.05) is 6.61 Å². The van der Waals surface area contributed by atoms with Gasteiger partial charge in [-0.3, -0.25) is 4.79 Å². The zero-order valence-electron chi connectivity index (χ0n) is 23.1. The van der Waals surface area contributed by atoms with Crippen LogP contribution in [0.4, 0.5) is 0 Å². The van der Waals surface area contributed by atoms with Gasteiger partial charge in [-0.25, -0.2) is 0 Å². The second-order valence-corrected chi connectivity index (χ2v) is 14.2. The molecule has 0 amide bonds. The highest BCUT2D eigenvalue weighted by molar-refractivity contribution is 5.97. The van der Waals surface area contributed by atoms with E-state index in [0.29, 0.717) is 19.4 Å². The fraction of sp³-hybridized carbons (Fsp3) is 0.900. The van der Waals surface area contributed by atoms with E-state index in [9.17, 15) is 15.0 Å². The fourth-order valence-corrected chi connectivity index (χ4v) is 10.6. The molecule has 2 N–H and O–H groups in total. The van der Waals surface area contributed by atoms with Crippen molar-refractivity contribution in [3.05, 3.63) is 12.2 Å². The molecule has 37 heavy (non-hydrogen) atoms. The number of carbonyl (C=O) groups is 1. The minimum absolute atomic E-state index is 0.0268. The van der Waals surface area contributed by atoms with Crippen LogP contribution in [0, 0.1) is 40.4 Å². The molecule has 7 rings (SSSR count). The van der Waals surface area contributed by atoms with Crippen molar-refractivity contribution in [2.24, 2.45) is 40.4 Å². The van der Waals surface area contributed by atoms with Crippen molar-refractivity contribution in [3.8, 4) is 0 Å². The van der Waals surface area contributed by atoms with Gasteiger partial charge in [0.05, 0.1) is 23.7 Å². The first-order valence-electron chi connectivity index (χ1n) is 14.6. The van der Waals surface area contributed by atoms with Crippen LogP contribution < -0.4 is 0 Å². The molecule has 0 unspecified atom stereocenters. The van der Waals surface area contributed by atoms with E-state index in [0.717, 1.165) is 19.3 Å². The number of aliphatic hydroxyl groups excluding tert-OH is 1. The highest BCUT2D eigenvalue weighted by Gasteiger charge is 2.78. The first-order chi connectivity index (χ1) is 17.4. The van der Waals surface area contributed by atoms with Crippen LogP contribution in [-0.4, -0.2) is 70.1 Å². The van der Waals surface area contributed by atoms with E-state index in [1.54, 1.807) is 6.08 Å². The summed E-state index contributed by atoms with van der Waals surface area (Å²) in [5.74, 6) is 0.716. The van der Waals surface area contributed by atoms with Crippen molar-refractivity contribution in [1.82, 2.24) is 0 Å². The third-order valence-electron chi connectivity index (χ3n) is 12.9. The van der Waals surface area contributed by atoms with Gasteiger partial charge in [-0.15, -0.1) is 0 Å². The monoisotopic (exact) mass is 516 g/mol. The van der Waals surface area contributed by atoms with E-state index < -0.39 is 29.0 Å². The van der Waals surface area contributed by atoms with Crippen LogP contribution >= 0.6 is 0 Å². The van der Waals surface area contributed by atoms with Gasteiger partial charge in [-0.1, -0.05) is 19.9 Å². The summed E-state index contributed by atoms with van der Waals surface area (Å²) < 4.78 is 25.0. The smallest absolute Gasteiger partial charge is 0.189 e. The summed E-state index contributed by atoms with van der Waals surface area (Å²) in [6, 6.07) is 0. The predicted octanol–water partition coefficient (Wildman–Crippen LogP) is 3.40. The van der Waals surface area contributed by atoms with E-state index >= 15 is 0 Å². The second kappa shape index (κ2) is 7.46. The van der Waals surface area contributed by atoms with Crippen LogP contribution in [0.2, 0.25) is 0 Å². The fourth-order valence-electron chi connectivity index (χ4n) is 10.6. The van der Waals surface area contributed by atoms with Gasteiger partial charge in [0.15, 0.2) is 12.1 Å². The normalized spacial score (nSPS) is 62.1. The molecule has 0 aromatic rings. The van der Waals surface area contributed by atoms with E-state index in [1.165, 1.54) is 0 Å². The maximum Gasteiger partial charge on any atom is 0.189 e. The van der Waals surface area contributed by atoms with Crippen molar-refractivity contribution in [3.63, 3.8) is 0 Å². The van der Waals surface area contributed by atoms with Gasteiger partial charge in [0.2, 0.25) is 0 Å². The summed E-state index contributed by atoms with van der Waals surface area (Å²) in [6.07, 6.45) is 6.07. The topological polar surface area (TPSA) is 101 Å². The predicted molar refractivity (Wildman–Crippen MR) is 134 cm³/mol. The molecule has 7 heteroatoms. The number of hydrogen-bond donors (Lipinski definition) is 2. The molecule has 0 bridgehead atoms. The molecule has 6 fully saturated rings. The zero-order valence-corrected chi connectivity index (χ0v) is 23.1. The average Bonchev–Trinajstić information content (AvgIpc) is 3.71. The van der Waals surface area contributed by atoms with Crippen molar-refractivity contribution in [1.29, 1.82) is 0 Å². The lowest BCUT2D eigenvalue weighted by molar-refractivity contribution is -0.229. The number of carbonyl (C=O) groups excluding carboxylic acids is 1. The first-order valence-corrected chi connectivity index (χ1v) is 14.6. The quantitative estimate of drug-likeness (QED) is 0.553. The Balaban J connectivity index is 1.19. The molecule has 0 spiro atoms. The van der Waals surface area contributed by atoms with Crippen LogP contribution in [0.3, 0.4) is 0 Å². The molecular weight excluding hydrogens is 472 g/mol. The molecule has 0 radical (unpaired) electrons. The Bertz CT molecular complexity index is 1040. The average molecular weight is 517 g/mol. The van der Waals surface area contributed by atoms with Crippen molar-refractivity contribution < 1.29 is 34.0 Å². The molecule has 206 valence electrons. The lowest BCUT2D eigenvalue weighted by Crippen LogP contribution is -2.67. The molecule has 3 saturated carbocycles. The van der Waals surface area contributed by atoms with Crippen LogP contribution in [0.1, 0.15) is 73.6 Å². The number of epoxide rings is 2. The summed E-state index contributed by atoms with van der Waals surface area (Å²) >= 11 is 0. The van der Waals surface area contributed by atoms with E-state index in [2.05, 4.69) is 27.7 Å². The van der Waals surface area contributed by atoms with Gasteiger partial charge in [-0.2, -0.15) is 0 Å². The van der Waals surface area contributed by atoms with E-state index in [1.807, 2.05) is 19.9 Å². The van der Waals surface area contributed by atoms with Gasteiger partial charge < -0.3 is 29.2 Å². The van der Waals surface area contributed by atoms with Crippen LogP contribution in [0.15, 0.2) is 12.2 Å². The Morgan fingerprint density at radius 3 is 2.68 bits per heavy atom. The lowest BCUT2D eigenvalue weighted by Gasteiger charge is -2.60. The van der Waals surface area contributed by atoms with Crippen LogP contribution in [-0.2, 0) is 23.7 Å². The van der Waals surface area contributed by atoms with Gasteiger partial charge in [0.1, 0.15) is 22.9 Å². The highest BCUT2D eigenvalue weighted by atomic mass is 16.7. The van der Waals surface area contributed by atoms with Crippen LogP contribution in [0.5, 0.6) is 0 Å². The van der Waals surface area contributed by atoms with Crippen LogP contribution in [0.25, 0.3) is 0 Å². The Kier molecular flexibility index (Phi) is 5.08. The Morgan fingerprint density at radius 1 is 1.19 bits per heavy atom. The molecule has 3 heterocycles. The maximum absolute atomic E-state index is 13.4. The van der Waals surface area contributed by atoms with Gasteiger partial charge in [0.25, 0.3) is 0 Å². The number of rotatable bonds is 4. The van der Waals surface area contributed by atoms with Crippen molar-refractivity contribution in [2.45, 2.75) is 121 Å². The summed E-state index contributed by atoms with van der Waals surface area (Å²) in [7, 11) is 0. The van der Waals surface area contributed by atoms with Crippen molar-refractivity contribution >= 4 is 5.78 Å². The zero-order chi connectivity index (χ0) is 26.3. The Hall–Kier alpha value is -0.830. The summed E-state index contributed by atoms with van der Waals surface area (Å²) in [5, 5.41) is 23.4. The molecule has 7 aliphatic rings. The standard InChI is InChI=1S/C30H44O7/c1-7-34-25-29(6)27(4,37-29)14-19(35-25)15(2)22-18(31)13-17-21-16(10-12-26(17,22)3)28(5)20(32)9-8-11-30(28,33)24-23(21)36-24/h8-9,15-19,21-25,31,33H,7,10-14H2,1-6H3/t15-,16+,17+,18-,19-,21-,22+,23+,24+,25+,26+,27+,28+,29-,30+/m1/s1. The third-order valence-corrected chi connectivity index (χ3v) is 12.9. The number of hydrogen-bond acceptors (Lipinski definition) is 7. The minimum Gasteiger partial charge on any atom is -0.393 e. The molecule has 3 saturated heterocycles. The lowest BCUT2D eigenvalue weighted by atomic mass is 9.43. The molecule has 0 aromatic heterocycles. The molecule has 7 nitrogen and oxygen atoms in total. The number of fused-ring (bicyclic) bond motifs is 9. The van der Waals surface area contributed by atoms with Gasteiger partial charge in [0, 0.05) is 13.0 Å². The maximum atomic E-state index is 13.4. The second-order valence-electron chi connectivity index (χ2n) is 14.2. The number of ketones is 1. The largest absolute Gasteiger partial charge is 0.393 e. The number of allylic oxidation sites excluding steroid dienone is 1. The van der Waals surface area contributed by atoms with Gasteiger partial charge >= 0.3 is 0 Å². The summed E-state index contributed by atoms with van der Waals surface area (Å²) in [5.41, 5.74) is -2.73.